The summed E-state index contributed by atoms with van der Waals surface area (Å²) < 4.78 is 13.2. The monoisotopic (exact) mass is 255 g/mol. The van der Waals surface area contributed by atoms with E-state index in [2.05, 4.69) is 17.3 Å². The van der Waals surface area contributed by atoms with Crippen LogP contribution < -0.4 is 5.32 Å². The van der Waals surface area contributed by atoms with E-state index in [4.69, 9.17) is 9.47 Å². The summed E-state index contributed by atoms with van der Waals surface area (Å²) in [6, 6.07) is 2.01. The maximum absolute atomic E-state index is 5.69. The number of aromatic nitrogens is 2. The van der Waals surface area contributed by atoms with E-state index < -0.39 is 0 Å². The third kappa shape index (κ3) is 4.08. The van der Waals surface area contributed by atoms with Crippen LogP contribution in [0.1, 0.15) is 38.9 Å². The highest BCUT2D eigenvalue weighted by Gasteiger charge is 2.25. The number of hydrogen-bond acceptors (Lipinski definition) is 4. The number of ether oxygens (including phenoxy) is 2. The Morgan fingerprint density at radius 2 is 1.94 bits per heavy atom. The molecule has 0 saturated carbocycles. The van der Waals surface area contributed by atoms with Gasteiger partial charge in [-0.15, -0.1) is 0 Å². The molecule has 0 radical (unpaired) electrons. The molecule has 1 aromatic rings. The summed E-state index contributed by atoms with van der Waals surface area (Å²) in [5.74, 6) is 0. The van der Waals surface area contributed by atoms with Gasteiger partial charge in [0.25, 0.3) is 0 Å². The van der Waals surface area contributed by atoms with Crippen molar-refractivity contribution in [3.8, 4) is 0 Å². The molecule has 1 heterocycles. The number of nitrogens with zero attached hydrogens (tertiary/aromatic N) is 2. The van der Waals surface area contributed by atoms with Crippen molar-refractivity contribution < 1.29 is 9.47 Å². The van der Waals surface area contributed by atoms with Crippen molar-refractivity contribution in [1.29, 1.82) is 0 Å². The van der Waals surface area contributed by atoms with E-state index in [1.165, 1.54) is 0 Å². The fraction of sp³-hybridized carbons (Fsp3) is 0.769. The highest BCUT2D eigenvalue weighted by atomic mass is 16.7. The van der Waals surface area contributed by atoms with Gasteiger partial charge in [0.15, 0.2) is 6.29 Å². The smallest absolute Gasteiger partial charge is 0.178 e. The van der Waals surface area contributed by atoms with E-state index in [0.717, 1.165) is 18.7 Å². The standard InChI is InChI=1S/C13H25N3O2/c1-5-9-14-12(11-8-10-15-16(11)4)13(17-6-2)18-7-3/h8,10,12-14H,5-7,9H2,1-4H3. The van der Waals surface area contributed by atoms with Crippen molar-refractivity contribution in [2.24, 2.45) is 7.05 Å². The van der Waals surface area contributed by atoms with Gasteiger partial charge < -0.3 is 14.8 Å². The lowest BCUT2D eigenvalue weighted by Crippen LogP contribution is -2.37. The highest BCUT2D eigenvalue weighted by molar-refractivity contribution is 5.07. The second-order valence-corrected chi connectivity index (χ2v) is 4.09. The van der Waals surface area contributed by atoms with Crippen molar-refractivity contribution in [2.75, 3.05) is 19.8 Å². The Kier molecular flexibility index (Phi) is 6.93. The zero-order valence-electron chi connectivity index (χ0n) is 11.8. The Labute approximate surface area is 109 Å². The van der Waals surface area contributed by atoms with Crippen LogP contribution in [0.15, 0.2) is 12.3 Å². The molecule has 0 aliphatic heterocycles. The molecule has 5 nitrogen and oxygen atoms in total. The molecule has 18 heavy (non-hydrogen) atoms. The Bertz CT molecular complexity index is 322. The molecule has 0 spiro atoms. The van der Waals surface area contributed by atoms with Gasteiger partial charge in [0.05, 0.1) is 5.69 Å². The lowest BCUT2D eigenvalue weighted by atomic mass is 10.2. The van der Waals surface area contributed by atoms with E-state index >= 15 is 0 Å². The first kappa shape index (κ1) is 15.1. The topological polar surface area (TPSA) is 48.3 Å². The molecule has 0 amide bonds. The van der Waals surface area contributed by atoms with Gasteiger partial charge in [-0.25, -0.2) is 0 Å². The van der Waals surface area contributed by atoms with Crippen LogP contribution in [0.3, 0.4) is 0 Å². The van der Waals surface area contributed by atoms with Crippen molar-refractivity contribution in [3.05, 3.63) is 18.0 Å². The molecular weight excluding hydrogens is 230 g/mol. The summed E-state index contributed by atoms with van der Waals surface area (Å²) in [5.41, 5.74) is 1.08. The largest absolute Gasteiger partial charge is 0.351 e. The Hall–Kier alpha value is -0.910. The highest BCUT2D eigenvalue weighted by Crippen LogP contribution is 2.20. The molecule has 1 atom stereocenters. The average Bonchev–Trinajstić information content (AvgIpc) is 2.77. The fourth-order valence-corrected chi connectivity index (χ4v) is 1.90. The minimum absolute atomic E-state index is 0.0114. The van der Waals surface area contributed by atoms with Gasteiger partial charge in [-0.1, -0.05) is 6.92 Å². The third-order valence-electron chi connectivity index (χ3n) is 2.73. The second kappa shape index (κ2) is 8.24. The molecule has 0 aliphatic carbocycles. The molecule has 1 N–H and O–H groups in total. The number of rotatable bonds is 9. The summed E-state index contributed by atoms with van der Waals surface area (Å²) in [5, 5.41) is 7.69. The van der Waals surface area contributed by atoms with Crippen molar-refractivity contribution in [1.82, 2.24) is 15.1 Å². The van der Waals surface area contributed by atoms with Gasteiger partial charge in [-0.05, 0) is 32.9 Å². The Morgan fingerprint density at radius 3 is 2.39 bits per heavy atom. The van der Waals surface area contributed by atoms with Crippen molar-refractivity contribution in [3.63, 3.8) is 0 Å². The minimum Gasteiger partial charge on any atom is -0.351 e. The quantitative estimate of drug-likeness (QED) is 0.684. The van der Waals surface area contributed by atoms with Crippen LogP contribution in [0, 0.1) is 0 Å². The van der Waals surface area contributed by atoms with Crippen LogP contribution in [0.4, 0.5) is 0 Å². The average molecular weight is 255 g/mol. The van der Waals surface area contributed by atoms with E-state index in [-0.39, 0.29) is 12.3 Å². The van der Waals surface area contributed by atoms with Crippen LogP contribution in [0.2, 0.25) is 0 Å². The third-order valence-corrected chi connectivity index (χ3v) is 2.73. The number of hydrogen-bond donors (Lipinski definition) is 1. The van der Waals surface area contributed by atoms with E-state index in [1.807, 2.05) is 31.6 Å². The van der Waals surface area contributed by atoms with Gasteiger partial charge in [0, 0.05) is 26.5 Å². The molecule has 104 valence electrons. The molecule has 5 heteroatoms. The van der Waals surface area contributed by atoms with Gasteiger partial charge in [0.2, 0.25) is 0 Å². The summed E-state index contributed by atoms with van der Waals surface area (Å²) in [6.07, 6.45) is 2.59. The summed E-state index contributed by atoms with van der Waals surface area (Å²) in [6.45, 7) is 8.29. The van der Waals surface area contributed by atoms with Gasteiger partial charge in [-0.3, -0.25) is 4.68 Å². The fourth-order valence-electron chi connectivity index (χ4n) is 1.90. The predicted molar refractivity (Wildman–Crippen MR) is 71.3 cm³/mol. The lowest BCUT2D eigenvalue weighted by molar-refractivity contribution is -0.156. The van der Waals surface area contributed by atoms with E-state index in [0.29, 0.717) is 13.2 Å². The first-order valence-electron chi connectivity index (χ1n) is 6.69. The summed E-state index contributed by atoms with van der Waals surface area (Å²) in [4.78, 5) is 0. The Balaban J connectivity index is 2.84. The number of aryl methyl sites for hydroxylation is 1. The SMILES string of the molecule is CCCNC(c1ccnn1C)C(OCC)OCC. The molecule has 1 unspecified atom stereocenters. The van der Waals surface area contributed by atoms with E-state index in [1.54, 1.807) is 6.20 Å². The zero-order chi connectivity index (χ0) is 13.4. The predicted octanol–water partition coefficient (Wildman–Crippen LogP) is 1.86. The molecule has 0 saturated heterocycles. The van der Waals surface area contributed by atoms with Gasteiger partial charge in [-0.2, -0.15) is 5.10 Å². The lowest BCUT2D eigenvalue weighted by Gasteiger charge is -2.27. The van der Waals surface area contributed by atoms with Crippen LogP contribution in [-0.4, -0.2) is 35.8 Å². The van der Waals surface area contributed by atoms with Gasteiger partial charge >= 0.3 is 0 Å². The maximum atomic E-state index is 5.69. The molecule has 1 rings (SSSR count). The molecule has 0 aliphatic rings. The van der Waals surface area contributed by atoms with Crippen LogP contribution >= 0.6 is 0 Å². The first-order chi connectivity index (χ1) is 8.74. The van der Waals surface area contributed by atoms with Gasteiger partial charge in [0.1, 0.15) is 6.04 Å². The Morgan fingerprint density at radius 1 is 1.28 bits per heavy atom. The molecule has 1 aromatic heterocycles. The van der Waals surface area contributed by atoms with Crippen LogP contribution in [0.25, 0.3) is 0 Å². The number of nitrogens with one attached hydrogen (secondary N) is 1. The van der Waals surface area contributed by atoms with Crippen molar-refractivity contribution >= 4 is 0 Å². The molecule has 0 bridgehead atoms. The summed E-state index contributed by atoms with van der Waals surface area (Å²) in [7, 11) is 1.94. The summed E-state index contributed by atoms with van der Waals surface area (Å²) >= 11 is 0. The minimum atomic E-state index is -0.276. The maximum Gasteiger partial charge on any atom is 0.178 e. The van der Waals surface area contributed by atoms with E-state index in [9.17, 15) is 0 Å². The van der Waals surface area contributed by atoms with Crippen molar-refractivity contribution in [2.45, 2.75) is 39.5 Å². The van der Waals surface area contributed by atoms with Crippen LogP contribution in [0.5, 0.6) is 0 Å². The first-order valence-corrected chi connectivity index (χ1v) is 6.69. The molecular formula is C13H25N3O2. The molecule has 0 aromatic carbocycles. The second-order valence-electron chi connectivity index (χ2n) is 4.09. The molecule has 0 fully saturated rings. The normalized spacial score (nSPS) is 13.2. The van der Waals surface area contributed by atoms with Crippen LogP contribution in [-0.2, 0) is 16.5 Å². The zero-order valence-corrected chi connectivity index (χ0v) is 11.8.